The molecular formula is C14H22N2O. The molecule has 1 heterocycles. The molecule has 0 spiro atoms. The van der Waals surface area contributed by atoms with E-state index in [1.807, 2.05) is 0 Å². The Balaban J connectivity index is 2.30. The van der Waals surface area contributed by atoms with Crippen LogP contribution in [0.5, 0.6) is 5.75 Å². The maximum Gasteiger partial charge on any atom is 0.122 e. The lowest BCUT2D eigenvalue weighted by atomic mass is 9.92. The highest BCUT2D eigenvalue weighted by Crippen LogP contribution is 2.32. The highest BCUT2D eigenvalue weighted by molar-refractivity contribution is 5.41. The lowest BCUT2D eigenvalue weighted by Gasteiger charge is -2.30. The summed E-state index contributed by atoms with van der Waals surface area (Å²) in [7, 11) is 4.22. The van der Waals surface area contributed by atoms with Crippen molar-refractivity contribution in [2.45, 2.75) is 19.4 Å². The molecule has 0 fully saturated rings. The Morgan fingerprint density at radius 1 is 1.41 bits per heavy atom. The van der Waals surface area contributed by atoms with E-state index in [1.54, 1.807) is 0 Å². The van der Waals surface area contributed by atoms with E-state index in [-0.39, 0.29) is 0 Å². The molecule has 3 nitrogen and oxygen atoms in total. The first-order valence-corrected chi connectivity index (χ1v) is 6.25. The molecule has 17 heavy (non-hydrogen) atoms. The minimum Gasteiger partial charge on any atom is -0.493 e. The molecule has 0 amide bonds. The second kappa shape index (κ2) is 5.07. The van der Waals surface area contributed by atoms with Gasteiger partial charge in [-0.05, 0) is 43.8 Å². The monoisotopic (exact) mass is 234 g/mol. The van der Waals surface area contributed by atoms with E-state index < -0.39 is 0 Å². The van der Waals surface area contributed by atoms with Crippen molar-refractivity contribution in [3.05, 3.63) is 29.3 Å². The first kappa shape index (κ1) is 12.4. The number of hydrogen-bond donors (Lipinski definition) is 1. The van der Waals surface area contributed by atoms with Gasteiger partial charge in [-0.15, -0.1) is 0 Å². The smallest absolute Gasteiger partial charge is 0.122 e. The molecule has 0 aromatic heterocycles. The van der Waals surface area contributed by atoms with Crippen LogP contribution < -0.4 is 10.5 Å². The van der Waals surface area contributed by atoms with Crippen molar-refractivity contribution < 1.29 is 4.74 Å². The number of hydrogen-bond acceptors (Lipinski definition) is 3. The third-order valence-electron chi connectivity index (χ3n) is 3.52. The Labute approximate surface area is 104 Å². The standard InChI is InChI=1S/C14H22N2O/c1-10(9-15)14(16(2)3)12-4-5-13-11(8-12)6-7-17-13/h4-5,8,10,14H,6-7,9,15H2,1-3H3. The molecule has 0 saturated carbocycles. The highest BCUT2D eigenvalue weighted by Gasteiger charge is 2.22. The summed E-state index contributed by atoms with van der Waals surface area (Å²) in [5, 5.41) is 0. The van der Waals surface area contributed by atoms with E-state index in [0.717, 1.165) is 18.8 Å². The topological polar surface area (TPSA) is 38.5 Å². The summed E-state index contributed by atoms with van der Waals surface area (Å²) in [5.74, 6) is 1.50. The number of ether oxygens (including phenoxy) is 1. The molecule has 1 aliphatic rings. The SMILES string of the molecule is CC(CN)C(c1ccc2c(c1)CCO2)N(C)C. The summed E-state index contributed by atoms with van der Waals surface area (Å²) >= 11 is 0. The van der Waals surface area contributed by atoms with Gasteiger partial charge in [-0.25, -0.2) is 0 Å². The van der Waals surface area contributed by atoms with Gasteiger partial charge in [0, 0.05) is 12.5 Å². The maximum absolute atomic E-state index is 5.81. The average molecular weight is 234 g/mol. The lowest BCUT2D eigenvalue weighted by molar-refractivity contribution is 0.227. The van der Waals surface area contributed by atoms with Crippen LogP contribution in [-0.4, -0.2) is 32.1 Å². The molecule has 0 bridgehead atoms. The second-order valence-corrected chi connectivity index (χ2v) is 5.09. The van der Waals surface area contributed by atoms with E-state index in [9.17, 15) is 0 Å². The van der Waals surface area contributed by atoms with Crippen molar-refractivity contribution in [2.24, 2.45) is 11.7 Å². The van der Waals surface area contributed by atoms with Crippen LogP contribution in [-0.2, 0) is 6.42 Å². The van der Waals surface area contributed by atoms with Gasteiger partial charge in [-0.3, -0.25) is 0 Å². The van der Waals surface area contributed by atoms with E-state index in [1.165, 1.54) is 11.1 Å². The summed E-state index contributed by atoms with van der Waals surface area (Å²) in [6.07, 6.45) is 1.03. The molecule has 94 valence electrons. The minimum atomic E-state index is 0.380. The molecule has 1 aliphatic heterocycles. The fraction of sp³-hybridized carbons (Fsp3) is 0.571. The molecule has 3 heteroatoms. The van der Waals surface area contributed by atoms with Crippen molar-refractivity contribution in [2.75, 3.05) is 27.2 Å². The fourth-order valence-corrected chi connectivity index (χ4v) is 2.66. The number of rotatable bonds is 4. The maximum atomic E-state index is 5.81. The Morgan fingerprint density at radius 2 is 2.18 bits per heavy atom. The largest absolute Gasteiger partial charge is 0.493 e. The van der Waals surface area contributed by atoms with E-state index >= 15 is 0 Å². The molecule has 2 unspecified atom stereocenters. The van der Waals surface area contributed by atoms with Crippen LogP contribution in [0, 0.1) is 5.92 Å². The van der Waals surface area contributed by atoms with Crippen molar-refractivity contribution in [3.63, 3.8) is 0 Å². The Hall–Kier alpha value is -1.06. The van der Waals surface area contributed by atoms with Crippen LogP contribution in [0.25, 0.3) is 0 Å². The van der Waals surface area contributed by atoms with E-state index in [4.69, 9.17) is 10.5 Å². The van der Waals surface area contributed by atoms with Crippen LogP contribution in [0.1, 0.15) is 24.1 Å². The van der Waals surface area contributed by atoms with Crippen molar-refractivity contribution in [1.82, 2.24) is 4.90 Å². The van der Waals surface area contributed by atoms with Gasteiger partial charge in [-0.2, -0.15) is 0 Å². The van der Waals surface area contributed by atoms with Gasteiger partial charge in [0.1, 0.15) is 5.75 Å². The zero-order chi connectivity index (χ0) is 12.4. The number of benzene rings is 1. The molecule has 2 atom stereocenters. The van der Waals surface area contributed by atoms with Gasteiger partial charge in [-0.1, -0.05) is 19.1 Å². The Bertz CT molecular complexity index is 390. The molecule has 0 aliphatic carbocycles. The van der Waals surface area contributed by atoms with Gasteiger partial charge in [0.25, 0.3) is 0 Å². The molecular weight excluding hydrogens is 212 g/mol. The van der Waals surface area contributed by atoms with Crippen LogP contribution in [0.3, 0.4) is 0 Å². The van der Waals surface area contributed by atoms with E-state index in [2.05, 4.69) is 44.1 Å². The summed E-state index contributed by atoms with van der Waals surface area (Å²) in [5.41, 5.74) is 8.49. The van der Waals surface area contributed by atoms with E-state index in [0.29, 0.717) is 18.5 Å². The zero-order valence-electron chi connectivity index (χ0n) is 10.9. The third-order valence-corrected chi connectivity index (χ3v) is 3.52. The van der Waals surface area contributed by atoms with Gasteiger partial charge < -0.3 is 15.4 Å². The molecule has 2 rings (SSSR count). The van der Waals surface area contributed by atoms with Crippen LogP contribution >= 0.6 is 0 Å². The Morgan fingerprint density at radius 3 is 2.82 bits per heavy atom. The number of nitrogens with zero attached hydrogens (tertiary/aromatic N) is 1. The Kier molecular flexibility index (Phi) is 3.69. The summed E-state index contributed by atoms with van der Waals surface area (Å²) < 4.78 is 5.54. The van der Waals surface area contributed by atoms with Gasteiger partial charge in [0.05, 0.1) is 6.61 Å². The third kappa shape index (κ3) is 2.45. The van der Waals surface area contributed by atoms with Gasteiger partial charge in [0.15, 0.2) is 0 Å². The normalized spacial score (nSPS) is 17.7. The molecule has 2 N–H and O–H groups in total. The number of fused-ring (bicyclic) bond motifs is 1. The fourth-order valence-electron chi connectivity index (χ4n) is 2.66. The molecule has 0 saturated heterocycles. The zero-order valence-corrected chi connectivity index (χ0v) is 10.9. The predicted molar refractivity (Wildman–Crippen MR) is 70.3 cm³/mol. The summed E-state index contributed by atoms with van der Waals surface area (Å²) in [6.45, 7) is 3.72. The van der Waals surface area contributed by atoms with Crippen molar-refractivity contribution in [3.8, 4) is 5.75 Å². The van der Waals surface area contributed by atoms with Crippen LogP contribution in [0.4, 0.5) is 0 Å². The van der Waals surface area contributed by atoms with Crippen molar-refractivity contribution in [1.29, 1.82) is 0 Å². The quantitative estimate of drug-likeness (QED) is 0.863. The molecule has 1 aromatic carbocycles. The molecule has 1 aromatic rings. The first-order valence-electron chi connectivity index (χ1n) is 6.25. The van der Waals surface area contributed by atoms with Gasteiger partial charge in [0.2, 0.25) is 0 Å². The van der Waals surface area contributed by atoms with Crippen LogP contribution in [0.15, 0.2) is 18.2 Å². The molecule has 0 radical (unpaired) electrons. The number of nitrogens with two attached hydrogens (primary N) is 1. The summed E-state index contributed by atoms with van der Waals surface area (Å²) in [4.78, 5) is 2.25. The van der Waals surface area contributed by atoms with Crippen LogP contribution in [0.2, 0.25) is 0 Å². The van der Waals surface area contributed by atoms with Crippen molar-refractivity contribution >= 4 is 0 Å². The summed E-state index contributed by atoms with van der Waals surface area (Å²) in [6, 6.07) is 6.92. The first-order chi connectivity index (χ1) is 8.13. The minimum absolute atomic E-state index is 0.380. The second-order valence-electron chi connectivity index (χ2n) is 5.09. The predicted octanol–water partition coefficient (Wildman–Crippen LogP) is 1.82. The average Bonchev–Trinajstić information content (AvgIpc) is 2.75. The van der Waals surface area contributed by atoms with Gasteiger partial charge >= 0.3 is 0 Å². The lowest BCUT2D eigenvalue weighted by Crippen LogP contribution is -2.30. The highest BCUT2D eigenvalue weighted by atomic mass is 16.5.